The number of carbonyl (C=O) groups is 2. The highest BCUT2D eigenvalue weighted by molar-refractivity contribution is 9.10. The van der Waals surface area contributed by atoms with Gasteiger partial charge in [0.1, 0.15) is 6.04 Å². The van der Waals surface area contributed by atoms with Crippen molar-refractivity contribution in [2.75, 3.05) is 0 Å². The molecule has 2 amide bonds. The van der Waals surface area contributed by atoms with E-state index in [1.807, 2.05) is 0 Å². The molecule has 37 heavy (non-hydrogen) atoms. The summed E-state index contributed by atoms with van der Waals surface area (Å²) in [5.74, 6) is -2.03. The van der Waals surface area contributed by atoms with Crippen LogP contribution in [0.15, 0.2) is 57.2 Å². The number of benzene rings is 2. The normalized spacial score (nSPS) is 15.1. The third-order valence-corrected chi connectivity index (χ3v) is 6.40. The first kappa shape index (κ1) is 32.2. The summed E-state index contributed by atoms with van der Waals surface area (Å²) < 4.78 is 78.1. The highest BCUT2D eigenvalue weighted by Crippen LogP contribution is 2.53. The second-order valence-electron chi connectivity index (χ2n) is 7.47. The van der Waals surface area contributed by atoms with Crippen LogP contribution in [0.1, 0.15) is 27.0 Å². The number of hydrogen-bond acceptors (Lipinski definition) is 7. The molecule has 204 valence electrons. The molecule has 18 heteroatoms. The fourth-order valence-electron chi connectivity index (χ4n) is 3.06. The largest absolute Gasteiger partial charge is 0.806 e. The quantitative estimate of drug-likeness (QED) is 0.257. The molecule has 11 nitrogen and oxygen atoms in total. The smallest absolute Gasteiger partial charge is 0.442 e. The van der Waals surface area contributed by atoms with Crippen LogP contribution >= 0.6 is 23.5 Å². The maximum Gasteiger partial charge on any atom is 0.442 e. The van der Waals surface area contributed by atoms with E-state index in [0.717, 1.165) is 24.3 Å². The monoisotopic (exact) mass is 618 g/mol. The summed E-state index contributed by atoms with van der Waals surface area (Å²) in [6, 6.07) is 5.07. The van der Waals surface area contributed by atoms with E-state index in [4.69, 9.17) is 5.73 Å². The maximum absolute atomic E-state index is 13.7. The van der Waals surface area contributed by atoms with E-state index >= 15 is 0 Å². The first-order valence-corrected chi connectivity index (χ1v) is 11.7. The minimum Gasteiger partial charge on any atom is -0.806 e. The standard InChI is InChI=1S/C19H15BrF5N4O5P.2H3N/c20-13-7-10(6-12(8-13)17(28-29-17)19(23,24)25)16(31)27-14(15(26)30)5-9-1-3-11(4-2-9)18(21,22)35(32,33)34;;/h1-4,6-8,14H,5H2,(H2,26,30)(H,27,31)(H2,32,33,34);2*1H3/t14-;;/m0../s1. The van der Waals surface area contributed by atoms with Crippen molar-refractivity contribution in [2.24, 2.45) is 16.0 Å². The zero-order chi connectivity index (χ0) is 26.4. The van der Waals surface area contributed by atoms with E-state index in [1.165, 1.54) is 6.07 Å². The molecule has 0 aliphatic carbocycles. The first-order valence-electron chi connectivity index (χ1n) is 9.39. The van der Waals surface area contributed by atoms with Gasteiger partial charge in [0.05, 0.1) is 0 Å². The van der Waals surface area contributed by atoms with Crippen molar-refractivity contribution in [3.8, 4) is 0 Å². The summed E-state index contributed by atoms with van der Waals surface area (Å²) in [4.78, 5) is 46.0. The number of rotatable bonds is 8. The van der Waals surface area contributed by atoms with Crippen molar-refractivity contribution in [1.29, 1.82) is 0 Å². The number of nitrogens with two attached hydrogens (primary N) is 1. The van der Waals surface area contributed by atoms with Crippen LogP contribution in [0.4, 0.5) is 22.0 Å². The van der Waals surface area contributed by atoms with Crippen molar-refractivity contribution in [1.82, 2.24) is 17.6 Å². The minimum absolute atomic E-state index is 0. The van der Waals surface area contributed by atoms with Crippen molar-refractivity contribution < 1.29 is 45.9 Å². The van der Waals surface area contributed by atoms with Crippen molar-refractivity contribution in [3.05, 3.63) is 69.2 Å². The zero-order valence-electron chi connectivity index (χ0n) is 19.1. The van der Waals surface area contributed by atoms with Crippen molar-refractivity contribution in [3.63, 3.8) is 0 Å². The Kier molecular flexibility index (Phi) is 9.48. The Bertz CT molecular complexity index is 1250. The molecule has 0 aromatic heterocycles. The van der Waals surface area contributed by atoms with Crippen LogP contribution in [-0.2, 0) is 27.1 Å². The fraction of sp³-hybridized carbons (Fsp3) is 0.263. The number of quaternary nitrogens is 2. The third kappa shape index (κ3) is 6.55. The van der Waals surface area contributed by atoms with Crippen LogP contribution in [0.5, 0.6) is 0 Å². The molecular formula is C19H21BrF5N6O5P. The zero-order valence-corrected chi connectivity index (χ0v) is 21.5. The molecule has 1 heterocycles. The molecule has 2 aromatic rings. The van der Waals surface area contributed by atoms with Gasteiger partial charge in [-0.3, -0.25) is 9.59 Å². The van der Waals surface area contributed by atoms with E-state index in [1.54, 1.807) is 0 Å². The Balaban J connectivity index is 0.00000342. The number of alkyl halides is 5. The van der Waals surface area contributed by atoms with Gasteiger partial charge in [-0.05, 0) is 23.8 Å². The topological polar surface area (TPSA) is 233 Å². The van der Waals surface area contributed by atoms with Gasteiger partial charge >= 0.3 is 11.8 Å². The number of hydrogen-bond donors (Lipinski definition) is 4. The summed E-state index contributed by atoms with van der Waals surface area (Å²) in [7, 11) is -6.28. The van der Waals surface area contributed by atoms with Gasteiger partial charge in [-0.2, -0.15) is 22.0 Å². The van der Waals surface area contributed by atoms with E-state index in [9.17, 15) is 45.9 Å². The highest BCUT2D eigenvalue weighted by Gasteiger charge is 2.65. The lowest BCUT2D eigenvalue weighted by molar-refractivity contribution is -0.335. The van der Waals surface area contributed by atoms with E-state index < -0.39 is 54.1 Å². The second kappa shape index (κ2) is 10.9. The number of nitrogens with zero attached hydrogens (tertiary/aromatic N) is 2. The molecule has 1 aliphatic rings. The van der Waals surface area contributed by atoms with Gasteiger partial charge in [-0.25, -0.2) is 0 Å². The summed E-state index contributed by atoms with van der Waals surface area (Å²) >= 11 is 3.01. The van der Waals surface area contributed by atoms with Crippen LogP contribution in [0.25, 0.3) is 0 Å². The number of primary amides is 1. The van der Waals surface area contributed by atoms with Crippen molar-refractivity contribution >= 4 is 35.3 Å². The third-order valence-electron chi connectivity index (χ3n) is 4.99. The van der Waals surface area contributed by atoms with Gasteiger partial charge in [-0.1, -0.05) is 40.2 Å². The number of amides is 2. The summed E-state index contributed by atoms with van der Waals surface area (Å²) in [5, 5.41) is 8.38. The molecule has 0 spiro atoms. The maximum atomic E-state index is 13.7. The molecule has 11 N–H and O–H groups in total. The average molecular weight is 619 g/mol. The second-order valence-corrected chi connectivity index (χ2v) is 9.94. The molecule has 0 saturated heterocycles. The predicted molar refractivity (Wildman–Crippen MR) is 121 cm³/mol. The fourth-order valence-corrected chi connectivity index (χ4v) is 4.02. The van der Waals surface area contributed by atoms with Gasteiger partial charge < -0.3 is 37.7 Å². The molecule has 0 fully saturated rings. The molecule has 0 radical (unpaired) electrons. The lowest BCUT2D eigenvalue weighted by Crippen LogP contribution is -2.46. The molecule has 0 bridgehead atoms. The van der Waals surface area contributed by atoms with Gasteiger partial charge in [0.2, 0.25) is 5.91 Å². The van der Waals surface area contributed by atoms with Gasteiger partial charge in [0.15, 0.2) is 0 Å². The Morgan fingerprint density at radius 2 is 1.59 bits per heavy atom. The molecular weight excluding hydrogens is 598 g/mol. The highest BCUT2D eigenvalue weighted by atomic mass is 79.9. The average Bonchev–Trinajstić information content (AvgIpc) is 3.54. The number of halogens is 6. The minimum atomic E-state index is -6.28. The van der Waals surface area contributed by atoms with Crippen LogP contribution in [-0.4, -0.2) is 24.0 Å². The lowest BCUT2D eigenvalue weighted by Gasteiger charge is -2.37. The lowest BCUT2D eigenvalue weighted by atomic mass is 9.99. The SMILES string of the molecule is NC(=O)[C@H](Cc1ccc(C(F)(F)P(=O)([O-])[O-])cc1)NC(=O)c1cc(Br)cc(C2(C(F)(F)F)N=N2)c1.[NH4+].[NH4+]. The van der Waals surface area contributed by atoms with Gasteiger partial charge in [-0.15, -0.1) is 10.2 Å². The molecule has 1 atom stereocenters. The van der Waals surface area contributed by atoms with E-state index in [0.29, 0.717) is 12.1 Å². The van der Waals surface area contributed by atoms with Crippen molar-refractivity contribution in [2.45, 2.75) is 30.0 Å². The number of carbonyl (C=O) groups excluding carboxylic acids is 2. The van der Waals surface area contributed by atoms with Gasteiger partial charge in [0, 0.05) is 35.2 Å². The molecule has 3 rings (SSSR count). The molecule has 0 saturated carbocycles. The predicted octanol–water partition coefficient (Wildman–Crippen LogP) is 3.17. The van der Waals surface area contributed by atoms with Crippen LogP contribution in [0.3, 0.4) is 0 Å². The van der Waals surface area contributed by atoms with E-state index in [-0.39, 0.29) is 34.3 Å². The molecule has 1 aliphatic heterocycles. The van der Waals surface area contributed by atoms with Crippen LogP contribution < -0.4 is 33.1 Å². The number of nitrogens with one attached hydrogen (secondary N) is 1. The Morgan fingerprint density at radius 1 is 1.05 bits per heavy atom. The Morgan fingerprint density at radius 3 is 2.03 bits per heavy atom. The summed E-state index contributed by atoms with van der Waals surface area (Å²) in [6.45, 7) is 0. The van der Waals surface area contributed by atoms with Crippen LogP contribution in [0, 0.1) is 0 Å². The molecule has 2 aromatic carbocycles. The first-order chi connectivity index (χ1) is 16.0. The van der Waals surface area contributed by atoms with E-state index in [2.05, 4.69) is 31.5 Å². The van der Waals surface area contributed by atoms with Crippen LogP contribution in [0.2, 0.25) is 0 Å². The molecule has 0 unspecified atom stereocenters. The Labute approximate surface area is 214 Å². The summed E-state index contributed by atoms with van der Waals surface area (Å²) in [6.07, 6.45) is -5.18. The van der Waals surface area contributed by atoms with Gasteiger partial charge in [0.25, 0.3) is 11.6 Å². The summed E-state index contributed by atoms with van der Waals surface area (Å²) in [5.41, 5.74) is -3.83. The Hall–Kier alpha value is -2.82.